The van der Waals surface area contributed by atoms with Crippen LogP contribution in [0.4, 0.5) is 0 Å². The Balaban J connectivity index is 1.63. The minimum Gasteiger partial charge on any atom is -0.466 e. The molecule has 10 atom stereocenters. The zero-order chi connectivity index (χ0) is 26.1. The molecular formula is C32H58O4. The van der Waals surface area contributed by atoms with E-state index in [4.69, 9.17) is 4.74 Å². The molecule has 210 valence electrons. The third-order valence-corrected chi connectivity index (χ3v) is 10.7. The van der Waals surface area contributed by atoms with Crippen molar-refractivity contribution in [3.8, 4) is 0 Å². The predicted molar refractivity (Wildman–Crippen MR) is 147 cm³/mol. The van der Waals surface area contributed by atoms with Gasteiger partial charge in [0.15, 0.2) is 0 Å². The molecule has 2 N–H and O–H groups in total. The summed E-state index contributed by atoms with van der Waals surface area (Å²) in [6, 6.07) is 0. The third-order valence-electron chi connectivity index (χ3n) is 10.7. The maximum absolute atomic E-state index is 12.0. The number of aliphatic hydroxyl groups is 2. The minimum atomic E-state index is -0.164. The number of rotatable bonds is 13. The van der Waals surface area contributed by atoms with Crippen molar-refractivity contribution in [3.63, 3.8) is 0 Å². The Morgan fingerprint density at radius 3 is 2.44 bits per heavy atom. The van der Waals surface area contributed by atoms with Gasteiger partial charge < -0.3 is 14.9 Å². The van der Waals surface area contributed by atoms with Crippen LogP contribution in [0.15, 0.2) is 0 Å². The van der Waals surface area contributed by atoms with Crippen molar-refractivity contribution in [1.82, 2.24) is 0 Å². The molecule has 0 aromatic rings. The van der Waals surface area contributed by atoms with Gasteiger partial charge in [0, 0.05) is 6.42 Å². The summed E-state index contributed by atoms with van der Waals surface area (Å²) >= 11 is 0. The number of carbonyl (C=O) groups is 1. The van der Waals surface area contributed by atoms with Crippen LogP contribution >= 0.6 is 0 Å². The number of hydrogen-bond donors (Lipinski definition) is 2. The second-order valence-electron chi connectivity index (χ2n) is 12.8. The Bertz CT molecular complexity index is 634. The summed E-state index contributed by atoms with van der Waals surface area (Å²) in [5, 5.41) is 22.2. The lowest BCUT2D eigenvalue weighted by Crippen LogP contribution is -2.48. The van der Waals surface area contributed by atoms with Crippen LogP contribution in [-0.2, 0) is 9.53 Å². The fourth-order valence-corrected chi connectivity index (χ4v) is 8.91. The van der Waals surface area contributed by atoms with Crippen LogP contribution in [0.1, 0.15) is 130 Å². The van der Waals surface area contributed by atoms with Crippen molar-refractivity contribution in [3.05, 3.63) is 0 Å². The number of aliphatic hydroxyl groups excluding tert-OH is 2. The minimum absolute atomic E-state index is 0.0472. The topological polar surface area (TPSA) is 66.8 Å². The summed E-state index contributed by atoms with van der Waals surface area (Å²) in [5.74, 6) is 4.73. The molecule has 4 heteroatoms. The van der Waals surface area contributed by atoms with Crippen LogP contribution in [-0.4, -0.2) is 35.0 Å². The van der Waals surface area contributed by atoms with Crippen molar-refractivity contribution in [2.75, 3.05) is 6.61 Å². The molecule has 0 radical (unpaired) electrons. The second kappa shape index (κ2) is 15.1. The first-order valence-electron chi connectivity index (χ1n) is 15.9. The quantitative estimate of drug-likeness (QED) is 0.253. The zero-order valence-corrected chi connectivity index (χ0v) is 24.0. The van der Waals surface area contributed by atoms with E-state index in [1.807, 2.05) is 6.92 Å². The predicted octanol–water partition coefficient (Wildman–Crippen LogP) is 7.54. The van der Waals surface area contributed by atoms with Gasteiger partial charge in [0.2, 0.25) is 0 Å². The van der Waals surface area contributed by atoms with Crippen LogP contribution in [0.25, 0.3) is 0 Å². The van der Waals surface area contributed by atoms with Crippen LogP contribution in [0.5, 0.6) is 0 Å². The molecule has 0 aromatic heterocycles. The number of carbonyl (C=O) groups excluding carboxylic acids is 1. The van der Waals surface area contributed by atoms with Crippen LogP contribution in [0.3, 0.4) is 0 Å². The van der Waals surface area contributed by atoms with E-state index < -0.39 is 0 Å². The van der Waals surface area contributed by atoms with Gasteiger partial charge in [-0.15, -0.1) is 0 Å². The Labute approximate surface area is 222 Å². The molecule has 0 saturated heterocycles. The molecule has 0 bridgehead atoms. The number of hydrogen-bond acceptors (Lipinski definition) is 4. The highest BCUT2D eigenvalue weighted by molar-refractivity contribution is 5.69. The molecule has 4 nitrogen and oxygen atoms in total. The van der Waals surface area contributed by atoms with Gasteiger partial charge in [-0.1, -0.05) is 65.7 Å². The van der Waals surface area contributed by atoms with Crippen LogP contribution < -0.4 is 0 Å². The van der Waals surface area contributed by atoms with Gasteiger partial charge in [-0.2, -0.15) is 0 Å². The molecule has 3 aliphatic carbocycles. The normalized spacial score (nSPS) is 36.3. The molecule has 0 spiro atoms. The first-order chi connectivity index (χ1) is 17.4. The Hall–Kier alpha value is -0.610. The highest BCUT2D eigenvalue weighted by Crippen LogP contribution is 2.56. The number of esters is 1. The molecule has 0 aliphatic heterocycles. The summed E-state index contributed by atoms with van der Waals surface area (Å²) in [5.41, 5.74) is 0. The monoisotopic (exact) mass is 506 g/mol. The molecule has 3 unspecified atom stereocenters. The van der Waals surface area contributed by atoms with Gasteiger partial charge in [0.05, 0.1) is 18.8 Å². The van der Waals surface area contributed by atoms with Crippen LogP contribution in [0, 0.1) is 47.3 Å². The molecule has 0 aromatic carbocycles. The Morgan fingerprint density at radius 1 is 0.972 bits per heavy atom. The third kappa shape index (κ3) is 7.71. The molecule has 3 aliphatic rings. The van der Waals surface area contributed by atoms with Crippen LogP contribution in [0.2, 0.25) is 0 Å². The number of unbranched alkanes of at least 4 members (excludes halogenated alkanes) is 1. The molecular weight excluding hydrogens is 448 g/mol. The van der Waals surface area contributed by atoms with Gasteiger partial charge in [0.25, 0.3) is 0 Å². The largest absolute Gasteiger partial charge is 0.466 e. The molecule has 36 heavy (non-hydrogen) atoms. The van der Waals surface area contributed by atoms with Crippen molar-refractivity contribution in [2.24, 2.45) is 47.3 Å². The Kier molecular flexibility index (Phi) is 12.6. The zero-order valence-electron chi connectivity index (χ0n) is 24.0. The van der Waals surface area contributed by atoms with Crippen molar-refractivity contribution in [2.45, 2.75) is 143 Å². The fraction of sp³-hybridized carbons (Fsp3) is 0.969. The lowest BCUT2D eigenvalue weighted by molar-refractivity contribution is -0.143. The Morgan fingerprint density at radius 2 is 1.72 bits per heavy atom. The van der Waals surface area contributed by atoms with E-state index in [-0.39, 0.29) is 18.2 Å². The molecule has 3 saturated carbocycles. The first kappa shape index (κ1) is 29.9. The lowest BCUT2D eigenvalue weighted by atomic mass is 9.57. The van der Waals surface area contributed by atoms with E-state index in [1.54, 1.807) is 0 Å². The first-order valence-corrected chi connectivity index (χ1v) is 15.9. The van der Waals surface area contributed by atoms with E-state index in [9.17, 15) is 15.0 Å². The van der Waals surface area contributed by atoms with E-state index in [1.165, 1.54) is 51.4 Å². The van der Waals surface area contributed by atoms with Crippen molar-refractivity contribution < 1.29 is 19.7 Å². The van der Waals surface area contributed by atoms with Crippen molar-refractivity contribution >= 4 is 5.97 Å². The molecule has 0 heterocycles. The van der Waals surface area contributed by atoms with E-state index in [0.29, 0.717) is 60.4 Å². The SMILES string of the molecule is CCCC[C@@H](O)CCC[C@H]1CC2CCCC[C@@H]3C(CC[C@@H]3[C@H](C)CCC(=O)OCC)C2[C@H](O)[C@@H]1CC. The lowest BCUT2D eigenvalue weighted by Gasteiger charge is -2.50. The fourth-order valence-electron chi connectivity index (χ4n) is 8.91. The number of ether oxygens (including phenoxy) is 1. The summed E-state index contributed by atoms with van der Waals surface area (Å²) in [7, 11) is 0. The van der Waals surface area contributed by atoms with Gasteiger partial charge in [0.1, 0.15) is 0 Å². The smallest absolute Gasteiger partial charge is 0.305 e. The van der Waals surface area contributed by atoms with Crippen molar-refractivity contribution in [1.29, 1.82) is 0 Å². The summed E-state index contributed by atoms with van der Waals surface area (Å²) < 4.78 is 5.19. The number of fused-ring (bicyclic) bond motifs is 3. The van der Waals surface area contributed by atoms with Gasteiger partial charge in [-0.25, -0.2) is 0 Å². The average Bonchev–Trinajstić information content (AvgIpc) is 3.25. The standard InChI is InChI=1S/C32H58O4/c1-5-8-14-25(33)15-11-13-23-21-24-12-9-10-16-28-27(22(4)17-20-30(34)36-7-3)18-19-29(28)31(24)32(35)26(23)6-2/h22-29,31-33,35H,5-21H2,1-4H3/t22-,23+,24?,25-,26-,27-,28+,29?,31?,32-/m1/s1. The van der Waals surface area contributed by atoms with E-state index in [2.05, 4.69) is 20.8 Å². The highest BCUT2D eigenvalue weighted by atomic mass is 16.5. The highest BCUT2D eigenvalue weighted by Gasteiger charge is 2.51. The van der Waals surface area contributed by atoms with E-state index in [0.717, 1.165) is 44.9 Å². The van der Waals surface area contributed by atoms with E-state index >= 15 is 0 Å². The molecule has 3 rings (SSSR count). The maximum Gasteiger partial charge on any atom is 0.305 e. The summed E-state index contributed by atoms with van der Waals surface area (Å²) in [4.78, 5) is 12.0. The molecule has 0 amide bonds. The summed E-state index contributed by atoms with van der Waals surface area (Å²) in [6.45, 7) is 9.19. The van der Waals surface area contributed by atoms with Gasteiger partial charge >= 0.3 is 5.97 Å². The molecule has 3 fully saturated rings. The average molecular weight is 507 g/mol. The second-order valence-corrected chi connectivity index (χ2v) is 12.8. The van der Waals surface area contributed by atoms with Gasteiger partial charge in [-0.05, 0) is 106 Å². The summed E-state index contributed by atoms with van der Waals surface area (Å²) in [6.07, 6.45) is 17.7. The van der Waals surface area contributed by atoms with Gasteiger partial charge in [-0.3, -0.25) is 4.79 Å². The maximum atomic E-state index is 12.0.